The molecule has 1 atom stereocenters. The van der Waals surface area contributed by atoms with Crippen molar-refractivity contribution in [2.45, 2.75) is 19.4 Å². The Bertz CT molecular complexity index is 271. The Labute approximate surface area is 82.5 Å². The van der Waals surface area contributed by atoms with Gasteiger partial charge in [-0.3, -0.25) is 0 Å². The number of benzene rings is 1. The molecule has 0 aliphatic carbocycles. The molecule has 0 saturated heterocycles. The summed E-state index contributed by atoms with van der Waals surface area (Å²) in [5.74, 6) is 0. The smallest absolute Gasteiger partial charge is 0.0624 e. The predicted octanol–water partition coefficient (Wildman–Crippen LogP) is 2.88. The fourth-order valence-electron chi connectivity index (χ4n) is 1.05. The van der Waals surface area contributed by atoms with E-state index in [1.807, 2.05) is 19.1 Å². The van der Waals surface area contributed by atoms with Crippen LogP contribution in [0.1, 0.15) is 12.5 Å². The minimum Gasteiger partial charge on any atom is -0.328 e. The summed E-state index contributed by atoms with van der Waals surface area (Å²) in [6.07, 6.45) is 0.763. The van der Waals surface area contributed by atoms with Crippen LogP contribution in [-0.4, -0.2) is 6.04 Å². The molecule has 12 heavy (non-hydrogen) atoms. The molecule has 1 rings (SSSR count). The van der Waals surface area contributed by atoms with Gasteiger partial charge in [0.05, 0.1) is 10.0 Å². The number of hydrogen-bond acceptors (Lipinski definition) is 1. The Hall–Kier alpha value is -0.240. The molecule has 0 spiro atoms. The van der Waals surface area contributed by atoms with Crippen molar-refractivity contribution in [1.29, 1.82) is 0 Å². The summed E-state index contributed by atoms with van der Waals surface area (Å²) in [5, 5.41) is 1.21. The van der Waals surface area contributed by atoms with Gasteiger partial charge < -0.3 is 5.73 Å². The Balaban J connectivity index is 2.92. The van der Waals surface area contributed by atoms with E-state index in [0.717, 1.165) is 12.0 Å². The van der Waals surface area contributed by atoms with E-state index in [4.69, 9.17) is 28.9 Å². The monoisotopic (exact) mass is 203 g/mol. The summed E-state index contributed by atoms with van der Waals surface area (Å²) in [5.41, 5.74) is 6.65. The van der Waals surface area contributed by atoms with Crippen LogP contribution in [0.15, 0.2) is 18.2 Å². The topological polar surface area (TPSA) is 26.0 Å². The van der Waals surface area contributed by atoms with E-state index >= 15 is 0 Å². The van der Waals surface area contributed by atoms with Gasteiger partial charge >= 0.3 is 0 Å². The van der Waals surface area contributed by atoms with Crippen molar-refractivity contribution in [1.82, 2.24) is 0 Å². The van der Waals surface area contributed by atoms with E-state index < -0.39 is 0 Å². The molecule has 0 saturated carbocycles. The van der Waals surface area contributed by atoms with E-state index in [2.05, 4.69) is 0 Å². The average molecular weight is 204 g/mol. The molecule has 0 aliphatic heterocycles. The first-order chi connectivity index (χ1) is 5.61. The Morgan fingerprint density at radius 3 is 2.67 bits per heavy atom. The van der Waals surface area contributed by atoms with Crippen molar-refractivity contribution in [3.8, 4) is 0 Å². The highest BCUT2D eigenvalue weighted by Gasteiger charge is 2.05. The summed E-state index contributed by atoms with van der Waals surface area (Å²) in [6, 6.07) is 5.71. The highest BCUT2D eigenvalue weighted by atomic mass is 35.5. The molecule has 0 radical (unpaired) electrons. The van der Waals surface area contributed by atoms with Gasteiger partial charge in [-0.05, 0) is 25.0 Å². The second kappa shape index (κ2) is 4.13. The van der Waals surface area contributed by atoms with Crippen LogP contribution in [-0.2, 0) is 6.42 Å². The molecular formula is C9H11Cl2N. The largest absolute Gasteiger partial charge is 0.328 e. The Morgan fingerprint density at radius 2 is 2.08 bits per heavy atom. The van der Waals surface area contributed by atoms with Gasteiger partial charge in [0.2, 0.25) is 0 Å². The minimum absolute atomic E-state index is 0.112. The first-order valence-electron chi connectivity index (χ1n) is 3.79. The third kappa shape index (κ3) is 2.37. The molecule has 0 fully saturated rings. The summed E-state index contributed by atoms with van der Waals surface area (Å²) in [6.45, 7) is 1.94. The zero-order valence-electron chi connectivity index (χ0n) is 6.85. The maximum Gasteiger partial charge on any atom is 0.0624 e. The lowest BCUT2D eigenvalue weighted by Crippen LogP contribution is -2.17. The normalized spacial score (nSPS) is 13.0. The third-order valence-electron chi connectivity index (χ3n) is 1.57. The van der Waals surface area contributed by atoms with Crippen molar-refractivity contribution in [3.05, 3.63) is 33.8 Å². The summed E-state index contributed by atoms with van der Waals surface area (Å²) in [7, 11) is 0. The van der Waals surface area contributed by atoms with Gasteiger partial charge in [-0.25, -0.2) is 0 Å². The standard InChI is InChI=1S/C9H11Cl2N/c1-6(12)5-7-3-2-4-8(10)9(7)11/h2-4,6H,5,12H2,1H3. The Morgan fingerprint density at radius 1 is 1.42 bits per heavy atom. The first kappa shape index (κ1) is 9.85. The van der Waals surface area contributed by atoms with Gasteiger partial charge in [-0.2, -0.15) is 0 Å². The van der Waals surface area contributed by atoms with Gasteiger partial charge in [0.15, 0.2) is 0 Å². The second-order valence-corrected chi connectivity index (χ2v) is 3.68. The van der Waals surface area contributed by atoms with Crippen LogP contribution < -0.4 is 5.73 Å². The molecule has 1 aromatic rings. The predicted molar refractivity (Wildman–Crippen MR) is 53.8 cm³/mol. The number of hydrogen-bond donors (Lipinski definition) is 1. The fourth-order valence-corrected chi connectivity index (χ4v) is 1.45. The lowest BCUT2D eigenvalue weighted by atomic mass is 10.1. The molecule has 0 aliphatic rings. The first-order valence-corrected chi connectivity index (χ1v) is 4.55. The third-order valence-corrected chi connectivity index (χ3v) is 2.43. The summed E-state index contributed by atoms with van der Waals surface area (Å²) in [4.78, 5) is 0. The SMILES string of the molecule is CC(N)Cc1cccc(Cl)c1Cl. The molecule has 1 unspecified atom stereocenters. The molecule has 0 aromatic heterocycles. The average Bonchev–Trinajstić information content (AvgIpc) is 1.98. The van der Waals surface area contributed by atoms with Gasteiger partial charge in [0.1, 0.15) is 0 Å². The minimum atomic E-state index is 0.112. The van der Waals surface area contributed by atoms with E-state index in [9.17, 15) is 0 Å². The zero-order valence-corrected chi connectivity index (χ0v) is 8.36. The summed E-state index contributed by atoms with van der Waals surface area (Å²) >= 11 is 11.8. The molecule has 66 valence electrons. The van der Waals surface area contributed by atoms with Crippen LogP contribution in [0.2, 0.25) is 10.0 Å². The molecule has 3 heteroatoms. The molecule has 0 heterocycles. The number of halogens is 2. The number of rotatable bonds is 2. The van der Waals surface area contributed by atoms with Crippen LogP contribution >= 0.6 is 23.2 Å². The molecule has 1 nitrogen and oxygen atoms in total. The molecule has 0 amide bonds. The van der Waals surface area contributed by atoms with Crippen molar-refractivity contribution < 1.29 is 0 Å². The van der Waals surface area contributed by atoms with Crippen LogP contribution in [0, 0.1) is 0 Å². The van der Waals surface area contributed by atoms with Gasteiger partial charge in [0, 0.05) is 6.04 Å². The molecular weight excluding hydrogens is 193 g/mol. The maximum absolute atomic E-state index is 5.95. The highest BCUT2D eigenvalue weighted by molar-refractivity contribution is 6.42. The highest BCUT2D eigenvalue weighted by Crippen LogP contribution is 2.25. The van der Waals surface area contributed by atoms with Gasteiger partial charge in [-0.1, -0.05) is 35.3 Å². The Kier molecular flexibility index (Phi) is 3.39. The van der Waals surface area contributed by atoms with E-state index in [1.165, 1.54) is 0 Å². The van der Waals surface area contributed by atoms with Crippen molar-refractivity contribution in [2.75, 3.05) is 0 Å². The lowest BCUT2D eigenvalue weighted by molar-refractivity contribution is 0.738. The number of nitrogens with two attached hydrogens (primary N) is 1. The van der Waals surface area contributed by atoms with E-state index in [-0.39, 0.29) is 6.04 Å². The maximum atomic E-state index is 5.95. The van der Waals surface area contributed by atoms with E-state index in [0.29, 0.717) is 10.0 Å². The quantitative estimate of drug-likeness (QED) is 0.787. The van der Waals surface area contributed by atoms with Crippen LogP contribution in [0.3, 0.4) is 0 Å². The summed E-state index contributed by atoms with van der Waals surface area (Å²) < 4.78 is 0. The van der Waals surface area contributed by atoms with Gasteiger partial charge in [0.25, 0.3) is 0 Å². The van der Waals surface area contributed by atoms with Crippen LogP contribution in [0.4, 0.5) is 0 Å². The van der Waals surface area contributed by atoms with Crippen molar-refractivity contribution in [2.24, 2.45) is 5.73 Å². The lowest BCUT2D eigenvalue weighted by Gasteiger charge is -2.07. The van der Waals surface area contributed by atoms with Crippen LogP contribution in [0.25, 0.3) is 0 Å². The molecule has 0 bridgehead atoms. The second-order valence-electron chi connectivity index (χ2n) is 2.89. The fraction of sp³-hybridized carbons (Fsp3) is 0.333. The van der Waals surface area contributed by atoms with Gasteiger partial charge in [-0.15, -0.1) is 0 Å². The van der Waals surface area contributed by atoms with Crippen molar-refractivity contribution >= 4 is 23.2 Å². The van der Waals surface area contributed by atoms with Crippen molar-refractivity contribution in [3.63, 3.8) is 0 Å². The molecule has 1 aromatic carbocycles. The van der Waals surface area contributed by atoms with Crippen LogP contribution in [0.5, 0.6) is 0 Å². The molecule has 2 N–H and O–H groups in total. The van der Waals surface area contributed by atoms with E-state index in [1.54, 1.807) is 6.07 Å². The zero-order chi connectivity index (χ0) is 9.14.